The number of carbonyl (C=O) groups excluding carboxylic acids is 2. The maximum atomic E-state index is 13.1. The fourth-order valence-corrected chi connectivity index (χ4v) is 4.37. The zero-order chi connectivity index (χ0) is 17.1. The third-order valence-electron chi connectivity index (χ3n) is 4.76. The van der Waals surface area contributed by atoms with Crippen LogP contribution in [-0.4, -0.2) is 52.3 Å². The molecule has 1 fully saturated rings. The largest absolute Gasteiger partial charge is 0.339 e. The fraction of sp³-hybridized carbons (Fsp3) is 0.579. The maximum Gasteiger partial charge on any atom is 0.245 e. The van der Waals surface area contributed by atoms with Crippen molar-refractivity contribution in [1.29, 1.82) is 0 Å². The molecule has 1 aromatic carbocycles. The van der Waals surface area contributed by atoms with Gasteiger partial charge in [0, 0.05) is 44.0 Å². The highest BCUT2D eigenvalue weighted by Gasteiger charge is 2.37. The van der Waals surface area contributed by atoms with Crippen LogP contribution in [0.25, 0.3) is 0 Å². The van der Waals surface area contributed by atoms with E-state index in [1.165, 1.54) is 11.1 Å². The van der Waals surface area contributed by atoms with Crippen LogP contribution < -0.4 is 0 Å². The molecule has 0 unspecified atom stereocenters. The summed E-state index contributed by atoms with van der Waals surface area (Å²) in [7, 11) is 0. The summed E-state index contributed by atoms with van der Waals surface area (Å²) in [4.78, 5) is 29.6. The van der Waals surface area contributed by atoms with E-state index in [1.54, 1.807) is 0 Å². The van der Waals surface area contributed by atoms with Crippen molar-refractivity contribution >= 4 is 23.6 Å². The van der Waals surface area contributed by atoms with Gasteiger partial charge in [0.2, 0.25) is 11.8 Å². The smallest absolute Gasteiger partial charge is 0.245 e. The van der Waals surface area contributed by atoms with Crippen LogP contribution in [0.5, 0.6) is 0 Å². The minimum Gasteiger partial charge on any atom is -0.339 e. The summed E-state index contributed by atoms with van der Waals surface area (Å²) >= 11 is 1.89. The number of benzene rings is 1. The molecule has 0 bridgehead atoms. The van der Waals surface area contributed by atoms with Gasteiger partial charge in [0.1, 0.15) is 6.04 Å². The lowest BCUT2D eigenvalue weighted by molar-refractivity contribution is -0.147. The lowest BCUT2D eigenvalue weighted by Crippen LogP contribution is -2.55. The number of hydrogen-bond acceptors (Lipinski definition) is 3. The molecule has 0 aliphatic carbocycles. The molecule has 0 radical (unpaired) electrons. The third kappa shape index (κ3) is 3.77. The Bertz CT molecular complexity index is 611. The first-order valence-electron chi connectivity index (χ1n) is 8.79. The Labute approximate surface area is 148 Å². The molecule has 0 saturated carbocycles. The molecule has 2 aliphatic heterocycles. The van der Waals surface area contributed by atoms with Gasteiger partial charge >= 0.3 is 0 Å². The summed E-state index contributed by atoms with van der Waals surface area (Å²) < 4.78 is 0. The molecule has 0 spiro atoms. The first-order chi connectivity index (χ1) is 11.6. The van der Waals surface area contributed by atoms with Crippen LogP contribution in [-0.2, 0) is 22.6 Å². The second kappa shape index (κ2) is 7.60. The van der Waals surface area contributed by atoms with Gasteiger partial charge in [-0.15, -0.1) is 0 Å². The van der Waals surface area contributed by atoms with Gasteiger partial charge < -0.3 is 9.80 Å². The number of carbonyl (C=O) groups is 2. The predicted molar refractivity (Wildman–Crippen MR) is 97.8 cm³/mol. The molecule has 4 nitrogen and oxygen atoms in total. The number of fused-ring (bicyclic) bond motifs is 1. The van der Waals surface area contributed by atoms with Gasteiger partial charge in [0.05, 0.1) is 0 Å². The molecular formula is C19H26N2O2S. The average Bonchev–Trinajstić information content (AvgIpc) is 2.60. The first-order valence-corrected chi connectivity index (χ1v) is 9.94. The zero-order valence-corrected chi connectivity index (χ0v) is 15.3. The molecular weight excluding hydrogens is 320 g/mol. The lowest BCUT2D eigenvalue weighted by Gasteiger charge is -2.39. The summed E-state index contributed by atoms with van der Waals surface area (Å²) in [6.45, 7) is 6.26. The Hall–Kier alpha value is -1.49. The van der Waals surface area contributed by atoms with Gasteiger partial charge in [-0.05, 0) is 17.0 Å². The molecule has 1 aromatic rings. The minimum atomic E-state index is -0.339. The minimum absolute atomic E-state index is 0.101. The summed E-state index contributed by atoms with van der Waals surface area (Å²) in [5.74, 6) is 2.52. The van der Waals surface area contributed by atoms with Gasteiger partial charge in [-0.1, -0.05) is 38.1 Å². The van der Waals surface area contributed by atoms with Crippen molar-refractivity contribution in [2.75, 3.05) is 24.6 Å². The zero-order valence-electron chi connectivity index (χ0n) is 14.5. The standard InChI is InChI=1S/C19H26N2O2S/c1-14(2)11-18(22)21-13-16-6-4-3-5-15(16)12-17(21)19(23)20-7-9-24-10-8-20/h3-6,14,17H,7-13H2,1-2H3/t17-/m0/s1. The van der Waals surface area contributed by atoms with Crippen LogP contribution in [0.1, 0.15) is 31.4 Å². The first kappa shape index (κ1) is 17.3. The van der Waals surface area contributed by atoms with Crippen LogP contribution >= 0.6 is 11.8 Å². The Morgan fingerprint density at radius 1 is 1.17 bits per heavy atom. The Kier molecular flexibility index (Phi) is 5.49. The highest BCUT2D eigenvalue weighted by molar-refractivity contribution is 7.99. The summed E-state index contributed by atoms with van der Waals surface area (Å²) in [5, 5.41) is 0. The van der Waals surface area contributed by atoms with Crippen LogP contribution in [0, 0.1) is 5.92 Å². The average molecular weight is 346 g/mol. The SMILES string of the molecule is CC(C)CC(=O)N1Cc2ccccc2C[C@H]1C(=O)N1CCSCC1. The van der Waals surface area contributed by atoms with Crippen LogP contribution in [0.4, 0.5) is 0 Å². The van der Waals surface area contributed by atoms with Gasteiger partial charge in [-0.25, -0.2) is 0 Å². The normalized spacial score (nSPS) is 20.9. The van der Waals surface area contributed by atoms with Gasteiger partial charge in [0.25, 0.3) is 0 Å². The Balaban J connectivity index is 1.84. The number of rotatable bonds is 3. The van der Waals surface area contributed by atoms with Crippen LogP contribution in [0.15, 0.2) is 24.3 Å². The molecule has 1 atom stereocenters. The van der Waals surface area contributed by atoms with Crippen molar-refractivity contribution < 1.29 is 9.59 Å². The van der Waals surface area contributed by atoms with E-state index in [4.69, 9.17) is 0 Å². The van der Waals surface area contributed by atoms with Gasteiger partial charge in [0.15, 0.2) is 0 Å². The lowest BCUT2D eigenvalue weighted by atomic mass is 9.92. The van der Waals surface area contributed by atoms with Crippen LogP contribution in [0.2, 0.25) is 0 Å². The van der Waals surface area contributed by atoms with Gasteiger partial charge in [-0.3, -0.25) is 9.59 Å². The number of thioether (sulfide) groups is 1. The molecule has 3 rings (SSSR count). The fourth-order valence-electron chi connectivity index (χ4n) is 3.47. The Morgan fingerprint density at radius 2 is 1.83 bits per heavy atom. The number of hydrogen-bond donors (Lipinski definition) is 0. The van der Waals surface area contributed by atoms with Crippen LogP contribution in [0.3, 0.4) is 0 Å². The van der Waals surface area contributed by atoms with Crippen molar-refractivity contribution in [3.05, 3.63) is 35.4 Å². The third-order valence-corrected chi connectivity index (χ3v) is 5.70. The maximum absolute atomic E-state index is 13.1. The van der Waals surface area contributed by atoms with E-state index in [1.807, 2.05) is 33.7 Å². The van der Waals surface area contributed by atoms with E-state index in [9.17, 15) is 9.59 Å². The molecule has 1 saturated heterocycles. The van der Waals surface area contributed by atoms with E-state index in [-0.39, 0.29) is 17.9 Å². The van der Waals surface area contributed by atoms with E-state index < -0.39 is 0 Å². The van der Waals surface area contributed by atoms with Crippen molar-refractivity contribution in [3.8, 4) is 0 Å². The van der Waals surface area contributed by atoms with E-state index in [2.05, 4.69) is 26.0 Å². The molecule has 0 N–H and O–H groups in total. The summed E-state index contributed by atoms with van der Waals surface area (Å²) in [5.41, 5.74) is 2.38. The second-order valence-corrected chi connectivity index (χ2v) is 8.27. The molecule has 0 aromatic heterocycles. The van der Waals surface area contributed by atoms with Crippen molar-refractivity contribution in [2.24, 2.45) is 5.92 Å². The van der Waals surface area contributed by atoms with Crippen molar-refractivity contribution in [1.82, 2.24) is 9.80 Å². The highest BCUT2D eigenvalue weighted by atomic mass is 32.2. The number of amides is 2. The molecule has 5 heteroatoms. The molecule has 130 valence electrons. The Morgan fingerprint density at radius 3 is 2.50 bits per heavy atom. The van der Waals surface area contributed by atoms with E-state index >= 15 is 0 Å². The van der Waals surface area contributed by atoms with Gasteiger partial charge in [-0.2, -0.15) is 11.8 Å². The monoisotopic (exact) mass is 346 g/mol. The molecule has 2 heterocycles. The quantitative estimate of drug-likeness (QED) is 0.845. The predicted octanol–water partition coefficient (Wildman–Crippen LogP) is 2.56. The molecule has 2 aliphatic rings. The summed E-state index contributed by atoms with van der Waals surface area (Å²) in [6.07, 6.45) is 1.14. The van der Waals surface area contributed by atoms with E-state index in [0.29, 0.717) is 25.3 Å². The summed E-state index contributed by atoms with van der Waals surface area (Å²) in [6, 6.07) is 7.85. The highest BCUT2D eigenvalue weighted by Crippen LogP contribution is 2.26. The van der Waals surface area contributed by atoms with Crippen molar-refractivity contribution in [2.45, 2.75) is 39.3 Å². The second-order valence-electron chi connectivity index (χ2n) is 7.05. The topological polar surface area (TPSA) is 40.6 Å². The van der Waals surface area contributed by atoms with E-state index in [0.717, 1.165) is 24.6 Å². The molecule has 24 heavy (non-hydrogen) atoms. The molecule has 2 amide bonds. The van der Waals surface area contributed by atoms with Crippen molar-refractivity contribution in [3.63, 3.8) is 0 Å². The number of nitrogens with zero attached hydrogens (tertiary/aromatic N) is 2.